The molecule has 0 aromatic heterocycles. The Kier molecular flexibility index (Phi) is 6.74. The summed E-state index contributed by atoms with van der Waals surface area (Å²) in [5, 5.41) is 11.9. The van der Waals surface area contributed by atoms with Gasteiger partial charge in [-0.1, -0.05) is 60.1 Å². The van der Waals surface area contributed by atoms with Crippen molar-refractivity contribution in [2.45, 2.75) is 6.10 Å². The molecule has 1 atom stereocenters. The molecular formula is C29H17ClN2O7. The minimum Gasteiger partial charge on any atom is -0.445 e. The molecule has 1 heterocycles. The van der Waals surface area contributed by atoms with E-state index in [0.29, 0.717) is 15.5 Å². The molecule has 0 bridgehead atoms. The van der Waals surface area contributed by atoms with Gasteiger partial charge >= 0.3 is 5.97 Å². The van der Waals surface area contributed by atoms with Gasteiger partial charge in [0.1, 0.15) is 5.56 Å². The first-order valence-electron chi connectivity index (χ1n) is 11.6. The van der Waals surface area contributed by atoms with Gasteiger partial charge in [0, 0.05) is 22.2 Å². The van der Waals surface area contributed by atoms with Gasteiger partial charge in [0.25, 0.3) is 17.5 Å². The summed E-state index contributed by atoms with van der Waals surface area (Å²) in [7, 11) is 0. The molecule has 0 unspecified atom stereocenters. The number of imide groups is 1. The van der Waals surface area contributed by atoms with Crippen molar-refractivity contribution in [2.75, 3.05) is 4.90 Å². The third-order valence-corrected chi connectivity index (χ3v) is 6.40. The highest BCUT2D eigenvalue weighted by molar-refractivity contribution is 6.36. The maximum absolute atomic E-state index is 13.5. The average Bonchev–Trinajstić information content (AvgIpc) is 3.21. The van der Waals surface area contributed by atoms with Gasteiger partial charge in [-0.15, -0.1) is 0 Å². The lowest BCUT2D eigenvalue weighted by Gasteiger charge is -2.21. The van der Waals surface area contributed by atoms with Crippen molar-refractivity contribution in [3.63, 3.8) is 0 Å². The molecule has 39 heavy (non-hydrogen) atoms. The van der Waals surface area contributed by atoms with Crippen LogP contribution in [0.3, 0.4) is 0 Å². The number of fused-ring (bicyclic) bond motifs is 1. The van der Waals surface area contributed by atoms with Crippen LogP contribution < -0.4 is 4.90 Å². The first kappa shape index (κ1) is 25.5. The van der Waals surface area contributed by atoms with Gasteiger partial charge in [-0.05, 0) is 42.5 Å². The number of Topliss-reactive ketones (excluding diaryl/α,β-unsaturated/α-hetero) is 1. The van der Waals surface area contributed by atoms with E-state index in [-0.39, 0.29) is 27.9 Å². The number of hydrogen-bond donors (Lipinski definition) is 0. The predicted molar refractivity (Wildman–Crippen MR) is 141 cm³/mol. The van der Waals surface area contributed by atoms with E-state index in [0.717, 1.165) is 6.07 Å². The Morgan fingerprint density at radius 1 is 0.821 bits per heavy atom. The quantitative estimate of drug-likeness (QED) is 0.0949. The number of ketones is 1. The van der Waals surface area contributed by atoms with Gasteiger partial charge in [-0.25, -0.2) is 9.69 Å². The van der Waals surface area contributed by atoms with E-state index in [1.807, 2.05) is 0 Å². The number of para-hydroxylation sites is 1. The number of esters is 1. The summed E-state index contributed by atoms with van der Waals surface area (Å²) in [6.45, 7) is 0. The van der Waals surface area contributed by atoms with E-state index in [2.05, 4.69) is 0 Å². The van der Waals surface area contributed by atoms with E-state index in [1.54, 1.807) is 30.3 Å². The first-order chi connectivity index (χ1) is 18.8. The Bertz CT molecular complexity index is 1650. The highest BCUT2D eigenvalue weighted by Crippen LogP contribution is 2.36. The largest absolute Gasteiger partial charge is 0.445 e. The molecule has 1 aliphatic heterocycles. The lowest BCUT2D eigenvalue weighted by Crippen LogP contribution is -2.31. The average molecular weight is 541 g/mol. The Hall–Kier alpha value is -5.15. The number of amides is 2. The smallest absolute Gasteiger partial charge is 0.341 e. The molecular weight excluding hydrogens is 524 g/mol. The van der Waals surface area contributed by atoms with Gasteiger partial charge in [0.15, 0.2) is 6.10 Å². The predicted octanol–water partition coefficient (Wildman–Crippen LogP) is 5.83. The highest BCUT2D eigenvalue weighted by Gasteiger charge is 2.43. The molecule has 0 N–H and O–H groups in total. The molecule has 5 rings (SSSR count). The maximum atomic E-state index is 13.5. The number of anilines is 1. The van der Waals surface area contributed by atoms with E-state index in [9.17, 15) is 29.3 Å². The molecule has 0 spiro atoms. The normalized spacial score (nSPS) is 13.1. The number of carbonyl (C=O) groups excluding carboxylic acids is 4. The van der Waals surface area contributed by atoms with Gasteiger partial charge in [0.05, 0.1) is 21.7 Å². The van der Waals surface area contributed by atoms with Crippen LogP contribution in [-0.4, -0.2) is 28.5 Å². The second kappa shape index (κ2) is 10.3. The van der Waals surface area contributed by atoms with Crippen molar-refractivity contribution >= 4 is 46.5 Å². The third kappa shape index (κ3) is 4.67. The van der Waals surface area contributed by atoms with Crippen molar-refractivity contribution in [3.05, 3.63) is 140 Å². The van der Waals surface area contributed by atoms with Crippen LogP contribution in [-0.2, 0) is 4.74 Å². The number of ether oxygens (including phenoxy) is 1. The molecule has 9 nitrogen and oxygen atoms in total. The first-order valence-corrected chi connectivity index (χ1v) is 12.0. The summed E-state index contributed by atoms with van der Waals surface area (Å²) in [6, 6.07) is 23.9. The zero-order valence-electron chi connectivity index (χ0n) is 19.9. The van der Waals surface area contributed by atoms with Crippen molar-refractivity contribution in [2.24, 2.45) is 0 Å². The van der Waals surface area contributed by atoms with Crippen LogP contribution in [0.2, 0.25) is 5.02 Å². The number of nitrogens with zero attached hydrogens (tertiary/aromatic N) is 2. The molecule has 0 saturated carbocycles. The second-order valence-corrected chi connectivity index (χ2v) is 8.92. The van der Waals surface area contributed by atoms with Crippen LogP contribution in [0.4, 0.5) is 11.4 Å². The summed E-state index contributed by atoms with van der Waals surface area (Å²) in [5.41, 5.74) is -0.700. The van der Waals surface area contributed by atoms with Crippen LogP contribution in [0.1, 0.15) is 53.1 Å². The molecule has 1 aliphatic rings. The number of halogens is 1. The highest BCUT2D eigenvalue weighted by atomic mass is 35.5. The number of benzene rings is 4. The Labute approximate surface area is 226 Å². The standard InChI is InChI=1S/C29H17ClN2O7/c30-19-15-13-17(14-16-19)25(33)26(18-7-2-1-3-8-18)39-29(36)20-9-4-5-11-22(20)31-27(34)21-10-6-12-23(32(37)38)24(21)28(31)35/h1-16,26H/t26-/m0/s1. The minimum atomic E-state index is -1.35. The number of carbonyl (C=O) groups is 4. The molecule has 0 radical (unpaired) electrons. The molecule has 4 aromatic carbocycles. The van der Waals surface area contributed by atoms with Gasteiger partial charge < -0.3 is 4.74 Å². The lowest BCUT2D eigenvalue weighted by atomic mass is 9.99. The lowest BCUT2D eigenvalue weighted by molar-refractivity contribution is -0.385. The summed E-state index contributed by atoms with van der Waals surface area (Å²) >= 11 is 5.95. The van der Waals surface area contributed by atoms with Crippen LogP contribution in [0, 0.1) is 10.1 Å². The fourth-order valence-corrected chi connectivity index (χ4v) is 4.44. The summed E-state index contributed by atoms with van der Waals surface area (Å²) in [5.74, 6) is -3.26. The van der Waals surface area contributed by atoms with E-state index >= 15 is 0 Å². The monoisotopic (exact) mass is 540 g/mol. The number of rotatable bonds is 7. The topological polar surface area (TPSA) is 124 Å². The van der Waals surface area contributed by atoms with Crippen molar-refractivity contribution < 1.29 is 28.8 Å². The minimum absolute atomic E-state index is 0.131. The van der Waals surface area contributed by atoms with Gasteiger partial charge in [0.2, 0.25) is 5.78 Å². The van der Waals surface area contributed by atoms with Crippen molar-refractivity contribution in [3.8, 4) is 0 Å². The summed E-state index contributed by atoms with van der Waals surface area (Å²) in [4.78, 5) is 64.8. The maximum Gasteiger partial charge on any atom is 0.341 e. The fourth-order valence-electron chi connectivity index (χ4n) is 4.32. The summed E-state index contributed by atoms with van der Waals surface area (Å²) < 4.78 is 5.70. The number of nitro benzene ring substituents is 1. The molecule has 10 heteroatoms. The van der Waals surface area contributed by atoms with Crippen LogP contribution in [0.25, 0.3) is 0 Å². The SMILES string of the molecule is O=C(O[C@H](C(=O)c1ccc(Cl)cc1)c1ccccc1)c1ccccc1N1C(=O)c2cccc([N+](=O)[O-])c2C1=O. The zero-order chi connectivity index (χ0) is 27.7. The summed E-state index contributed by atoms with van der Waals surface area (Å²) in [6.07, 6.45) is -1.35. The van der Waals surface area contributed by atoms with E-state index in [4.69, 9.17) is 16.3 Å². The fraction of sp³-hybridized carbons (Fsp3) is 0.0345. The van der Waals surface area contributed by atoms with Crippen LogP contribution in [0.15, 0.2) is 97.1 Å². The molecule has 0 fully saturated rings. The number of hydrogen-bond acceptors (Lipinski definition) is 7. The Morgan fingerprint density at radius 3 is 2.18 bits per heavy atom. The molecule has 0 saturated heterocycles. The molecule has 0 aliphatic carbocycles. The van der Waals surface area contributed by atoms with Crippen LogP contribution in [0.5, 0.6) is 0 Å². The Morgan fingerprint density at radius 2 is 1.49 bits per heavy atom. The second-order valence-electron chi connectivity index (χ2n) is 8.49. The van der Waals surface area contributed by atoms with Crippen molar-refractivity contribution in [1.29, 1.82) is 0 Å². The van der Waals surface area contributed by atoms with Crippen LogP contribution >= 0.6 is 11.6 Å². The number of nitro groups is 1. The van der Waals surface area contributed by atoms with Gasteiger partial charge in [-0.2, -0.15) is 0 Å². The third-order valence-electron chi connectivity index (χ3n) is 6.15. The van der Waals surface area contributed by atoms with E-state index < -0.39 is 40.3 Å². The Balaban J connectivity index is 1.52. The zero-order valence-corrected chi connectivity index (χ0v) is 20.7. The van der Waals surface area contributed by atoms with Crippen molar-refractivity contribution in [1.82, 2.24) is 0 Å². The molecule has 192 valence electrons. The molecule has 4 aromatic rings. The van der Waals surface area contributed by atoms with E-state index in [1.165, 1.54) is 60.7 Å². The molecule has 2 amide bonds. The van der Waals surface area contributed by atoms with Gasteiger partial charge in [-0.3, -0.25) is 24.5 Å².